The van der Waals surface area contributed by atoms with Crippen LogP contribution in [0.3, 0.4) is 0 Å². The first-order valence-electron chi connectivity index (χ1n) is 9.11. The molecular weight excluding hydrogens is 400 g/mol. The van der Waals surface area contributed by atoms with Gasteiger partial charge in [-0.1, -0.05) is 0 Å². The zero-order valence-corrected chi connectivity index (χ0v) is 18.8. The van der Waals surface area contributed by atoms with E-state index in [1.807, 2.05) is 24.7 Å². The van der Waals surface area contributed by atoms with Crippen molar-refractivity contribution in [2.24, 2.45) is 23.7 Å². The smallest absolute Gasteiger partial charge is 0.229 e. The second-order valence-corrected chi connectivity index (χ2v) is 9.12. The molecule has 156 valence electrons. The summed E-state index contributed by atoms with van der Waals surface area (Å²) < 4.78 is 22.7. The van der Waals surface area contributed by atoms with Gasteiger partial charge in [0.15, 0.2) is 11.5 Å². The van der Waals surface area contributed by atoms with Crippen LogP contribution < -0.4 is 0 Å². The van der Waals surface area contributed by atoms with Crippen molar-refractivity contribution in [2.75, 3.05) is 52.5 Å². The molecule has 3 aliphatic carbocycles. The van der Waals surface area contributed by atoms with E-state index in [4.69, 9.17) is 18.9 Å². The predicted molar refractivity (Wildman–Crippen MR) is 110 cm³/mol. The molecule has 6 atom stereocenters. The maximum absolute atomic E-state index is 13.2. The molecule has 6 nitrogen and oxygen atoms in total. The van der Waals surface area contributed by atoms with E-state index < -0.39 is 11.2 Å². The molecule has 0 aromatic rings. The van der Waals surface area contributed by atoms with Gasteiger partial charge in [-0.2, -0.15) is 23.5 Å². The van der Waals surface area contributed by atoms with Gasteiger partial charge >= 0.3 is 0 Å². The Hall–Kier alpha value is -0.960. The fourth-order valence-electron chi connectivity index (χ4n) is 5.34. The van der Waals surface area contributed by atoms with E-state index in [-0.39, 0.29) is 35.2 Å². The molecule has 0 N–H and O–H groups in total. The summed E-state index contributed by atoms with van der Waals surface area (Å²) in [5, 5.41) is 0. The molecular formula is C20H28O6S2. The molecule has 0 bridgehead atoms. The topological polar surface area (TPSA) is 71.1 Å². The highest BCUT2D eigenvalue weighted by molar-refractivity contribution is 7.98. The number of rotatable bonds is 8. The number of allylic oxidation sites excluding steroid dienone is 2. The molecule has 0 radical (unpaired) electrons. The lowest BCUT2D eigenvalue weighted by Crippen LogP contribution is -2.73. The van der Waals surface area contributed by atoms with Gasteiger partial charge in [0.05, 0.1) is 14.2 Å². The van der Waals surface area contributed by atoms with E-state index in [9.17, 15) is 9.59 Å². The summed E-state index contributed by atoms with van der Waals surface area (Å²) >= 11 is 3.13. The van der Waals surface area contributed by atoms with Crippen molar-refractivity contribution >= 4 is 35.1 Å². The number of hydrogen-bond donors (Lipinski definition) is 0. The Bertz CT molecular complexity index is 651. The maximum atomic E-state index is 13.2. The van der Waals surface area contributed by atoms with Crippen molar-refractivity contribution in [3.05, 3.63) is 23.7 Å². The number of carbonyl (C=O) groups is 2. The molecule has 1 fully saturated rings. The fourth-order valence-corrected chi connectivity index (χ4v) is 7.08. The summed E-state index contributed by atoms with van der Waals surface area (Å²) in [7, 11) is 6.16. The largest absolute Gasteiger partial charge is 0.493 e. The molecule has 28 heavy (non-hydrogen) atoms. The summed E-state index contributed by atoms with van der Waals surface area (Å²) in [6, 6.07) is 0. The quantitative estimate of drug-likeness (QED) is 0.583. The average Bonchev–Trinajstić information content (AvgIpc) is 2.69. The van der Waals surface area contributed by atoms with Gasteiger partial charge in [-0.05, 0) is 36.5 Å². The van der Waals surface area contributed by atoms with Gasteiger partial charge < -0.3 is 18.9 Å². The van der Waals surface area contributed by atoms with Crippen LogP contribution in [0.15, 0.2) is 23.7 Å². The molecule has 0 aliphatic heterocycles. The number of methoxy groups -OCH3 is 4. The van der Waals surface area contributed by atoms with Crippen molar-refractivity contribution in [3.63, 3.8) is 0 Å². The van der Waals surface area contributed by atoms with Gasteiger partial charge in [-0.15, -0.1) is 0 Å². The first-order chi connectivity index (χ1) is 13.4. The molecule has 1 saturated carbocycles. The van der Waals surface area contributed by atoms with E-state index in [2.05, 4.69) is 0 Å². The lowest BCUT2D eigenvalue weighted by molar-refractivity contribution is -0.206. The molecule has 0 amide bonds. The third kappa shape index (κ3) is 2.71. The molecule has 0 heterocycles. The Balaban J connectivity index is 2.19. The lowest BCUT2D eigenvalue weighted by atomic mass is 9.43. The first kappa shape index (κ1) is 21.7. The van der Waals surface area contributed by atoms with Gasteiger partial charge in [-0.25, -0.2) is 0 Å². The van der Waals surface area contributed by atoms with Crippen LogP contribution >= 0.6 is 23.5 Å². The van der Waals surface area contributed by atoms with Crippen LogP contribution in [0.4, 0.5) is 0 Å². The van der Waals surface area contributed by atoms with Crippen LogP contribution in [0.5, 0.6) is 0 Å². The minimum Gasteiger partial charge on any atom is -0.493 e. The molecule has 0 saturated heterocycles. The first-order valence-corrected chi connectivity index (χ1v) is 11.9. The van der Waals surface area contributed by atoms with E-state index >= 15 is 0 Å². The van der Waals surface area contributed by atoms with Gasteiger partial charge in [0.1, 0.15) is 11.2 Å². The Kier molecular flexibility index (Phi) is 6.25. The standard InChI is InChI=1S/C20H28O6S2/c1-23-13-7-11-15(19(25-3,9-27-5)17(13)21)12-8-14(24-2)18(22)20(26-4,10-28-6)16(11)12/h7-8,11-12,15-16H,9-10H2,1-6H3/t11?,12?,15?,16?,19-,20+. The zero-order valence-electron chi connectivity index (χ0n) is 17.1. The Labute approximate surface area is 174 Å². The third-order valence-corrected chi connectivity index (χ3v) is 7.96. The number of hydrogen-bond acceptors (Lipinski definition) is 8. The number of Topliss-reactive ketones (excluding diaryl/α,β-unsaturated/α-hetero) is 2. The van der Waals surface area contributed by atoms with Crippen LogP contribution in [0.2, 0.25) is 0 Å². The number of carbonyl (C=O) groups excluding carboxylic acids is 2. The van der Waals surface area contributed by atoms with Crippen molar-refractivity contribution in [1.82, 2.24) is 0 Å². The maximum Gasteiger partial charge on any atom is 0.229 e. The van der Waals surface area contributed by atoms with Crippen LogP contribution in [0.25, 0.3) is 0 Å². The number of fused-ring (bicyclic) bond motifs is 4. The summed E-state index contributed by atoms with van der Waals surface area (Å²) in [6.07, 6.45) is 7.66. The molecule has 0 aromatic heterocycles. The average molecular weight is 429 g/mol. The Morgan fingerprint density at radius 1 is 0.786 bits per heavy atom. The minimum absolute atomic E-state index is 0.0598. The van der Waals surface area contributed by atoms with Crippen molar-refractivity contribution in [1.29, 1.82) is 0 Å². The van der Waals surface area contributed by atoms with Crippen molar-refractivity contribution in [2.45, 2.75) is 11.2 Å². The molecule has 3 aliphatic rings. The second kappa shape index (κ2) is 8.05. The predicted octanol–water partition coefficient (Wildman–Crippen LogP) is 2.19. The van der Waals surface area contributed by atoms with Crippen LogP contribution in [0, 0.1) is 23.7 Å². The summed E-state index contributed by atoms with van der Waals surface area (Å²) in [6.45, 7) is 0. The van der Waals surface area contributed by atoms with E-state index in [0.29, 0.717) is 23.0 Å². The Morgan fingerprint density at radius 2 is 1.14 bits per heavy atom. The minimum atomic E-state index is -1.00. The molecule has 0 spiro atoms. The van der Waals surface area contributed by atoms with Gasteiger partial charge in [-0.3, -0.25) is 9.59 Å². The number of ether oxygens (including phenoxy) is 4. The SMILES string of the molecule is COC1=CC2C(C3C=C(OC)C(=O)[C@@](CSC)(OC)C23)[C@@](CSC)(OC)C1=O. The lowest BCUT2D eigenvalue weighted by Gasteiger charge is -2.64. The van der Waals surface area contributed by atoms with Crippen LogP contribution in [0.1, 0.15) is 0 Å². The second-order valence-electron chi connectivity index (χ2n) is 7.39. The van der Waals surface area contributed by atoms with Crippen molar-refractivity contribution < 1.29 is 28.5 Å². The summed E-state index contributed by atoms with van der Waals surface area (Å²) in [5.41, 5.74) is -2.00. The van der Waals surface area contributed by atoms with E-state index in [1.165, 1.54) is 14.2 Å². The Morgan fingerprint density at radius 3 is 1.39 bits per heavy atom. The van der Waals surface area contributed by atoms with Crippen LogP contribution in [-0.4, -0.2) is 75.2 Å². The highest BCUT2D eigenvalue weighted by Gasteiger charge is 2.71. The molecule has 3 rings (SSSR count). The van der Waals surface area contributed by atoms with Crippen molar-refractivity contribution in [3.8, 4) is 0 Å². The highest BCUT2D eigenvalue weighted by atomic mass is 32.2. The zero-order chi connectivity index (χ0) is 20.7. The van der Waals surface area contributed by atoms with Crippen LogP contribution in [-0.2, 0) is 28.5 Å². The normalized spacial score (nSPS) is 39.4. The van der Waals surface area contributed by atoms with Gasteiger partial charge in [0, 0.05) is 37.6 Å². The van der Waals surface area contributed by atoms with E-state index in [1.54, 1.807) is 37.7 Å². The third-order valence-electron chi connectivity index (χ3n) is 6.53. The van der Waals surface area contributed by atoms with E-state index in [0.717, 1.165) is 0 Å². The van der Waals surface area contributed by atoms with Gasteiger partial charge in [0.2, 0.25) is 11.6 Å². The molecule has 4 unspecified atom stereocenters. The number of thioether (sulfide) groups is 2. The summed E-state index contributed by atoms with van der Waals surface area (Å²) in [4.78, 5) is 26.5. The summed E-state index contributed by atoms with van der Waals surface area (Å²) in [5.74, 6) is 1.04. The van der Waals surface area contributed by atoms with Gasteiger partial charge in [0.25, 0.3) is 0 Å². The fraction of sp³-hybridized carbons (Fsp3) is 0.700. The number of ketones is 2. The molecule has 0 aromatic carbocycles. The monoisotopic (exact) mass is 428 g/mol. The highest BCUT2D eigenvalue weighted by Crippen LogP contribution is 2.63. The molecule has 8 heteroatoms.